The van der Waals surface area contributed by atoms with Crippen molar-refractivity contribution in [1.29, 1.82) is 0 Å². The molecule has 1 amide bonds. The van der Waals surface area contributed by atoms with Gasteiger partial charge in [0.1, 0.15) is 0 Å². The first-order chi connectivity index (χ1) is 9.58. The van der Waals surface area contributed by atoms with Gasteiger partial charge in [0, 0.05) is 5.56 Å². The van der Waals surface area contributed by atoms with E-state index in [0.717, 1.165) is 11.1 Å². The van der Waals surface area contributed by atoms with Crippen LogP contribution in [0.25, 0.3) is 11.4 Å². The summed E-state index contributed by atoms with van der Waals surface area (Å²) in [6.07, 6.45) is 0. The molecule has 0 radical (unpaired) electrons. The molecule has 1 aliphatic heterocycles. The van der Waals surface area contributed by atoms with Gasteiger partial charge in [-0.15, -0.1) is 0 Å². The molecule has 1 aromatic carbocycles. The molecule has 1 fully saturated rings. The molecule has 0 saturated carbocycles. The Kier molecular flexibility index (Phi) is 3.45. The fraction of sp³-hybridized carbons (Fsp3) is 0.167. The van der Waals surface area contributed by atoms with Crippen LogP contribution in [0, 0.1) is 11.7 Å². The molecule has 102 valence electrons. The van der Waals surface area contributed by atoms with Crippen LogP contribution in [0.3, 0.4) is 0 Å². The second-order valence-electron chi connectivity index (χ2n) is 4.29. The summed E-state index contributed by atoms with van der Waals surface area (Å²) in [5.41, 5.74) is 1.98. The first-order valence-corrected chi connectivity index (χ1v) is 7.62. The van der Waals surface area contributed by atoms with Crippen LogP contribution in [0.15, 0.2) is 24.3 Å². The van der Waals surface area contributed by atoms with Crippen LogP contribution in [-0.4, -0.2) is 30.9 Å². The molecule has 1 N–H and O–H groups in total. The Morgan fingerprint density at radius 2 is 2.20 bits per heavy atom. The topological polar surface area (TPSA) is 53.9 Å². The zero-order valence-corrected chi connectivity index (χ0v) is 12.9. The Labute approximate surface area is 130 Å². The minimum absolute atomic E-state index is 0.0913. The van der Waals surface area contributed by atoms with Gasteiger partial charge in [0.15, 0.2) is 10.1 Å². The average Bonchev–Trinajstić information content (AvgIpc) is 2.93. The number of thioether (sulfide) groups is 1. The van der Waals surface area contributed by atoms with E-state index in [1.54, 1.807) is 4.68 Å². The van der Waals surface area contributed by atoms with E-state index in [2.05, 4.69) is 10.2 Å². The fourth-order valence-corrected chi connectivity index (χ4v) is 3.24. The standard InChI is InChI=1S/C12H10N4OS3/c1-7-3-2-4-8(5-7)10-13-14-11(18)16(10)15-9(17)6-20-12(15)19/h2-5H,6H2,1H3,(H,14,18). The summed E-state index contributed by atoms with van der Waals surface area (Å²) in [5.74, 6) is 0.822. The van der Waals surface area contributed by atoms with Crippen molar-refractivity contribution in [3.05, 3.63) is 34.6 Å². The van der Waals surface area contributed by atoms with Crippen molar-refractivity contribution in [2.45, 2.75) is 6.92 Å². The van der Waals surface area contributed by atoms with E-state index in [1.807, 2.05) is 31.2 Å². The molecular weight excluding hydrogens is 312 g/mol. The molecule has 2 aromatic rings. The molecule has 5 nitrogen and oxygen atoms in total. The number of hydrogen-bond donors (Lipinski definition) is 1. The van der Waals surface area contributed by atoms with Gasteiger partial charge >= 0.3 is 0 Å². The lowest BCUT2D eigenvalue weighted by Gasteiger charge is -2.17. The normalized spacial score (nSPS) is 15.2. The maximum atomic E-state index is 12.0. The van der Waals surface area contributed by atoms with Crippen LogP contribution in [0.4, 0.5) is 0 Å². The third-order valence-corrected chi connectivity index (χ3v) is 4.46. The lowest BCUT2D eigenvalue weighted by Crippen LogP contribution is -2.39. The second kappa shape index (κ2) is 5.12. The van der Waals surface area contributed by atoms with Gasteiger partial charge in [-0.2, -0.15) is 14.8 Å². The monoisotopic (exact) mass is 322 g/mol. The molecule has 8 heteroatoms. The number of hydrogen-bond acceptors (Lipinski definition) is 5. The predicted octanol–water partition coefficient (Wildman–Crippen LogP) is 2.41. The molecule has 0 spiro atoms. The summed E-state index contributed by atoms with van der Waals surface area (Å²) in [4.78, 5) is 12.0. The predicted molar refractivity (Wildman–Crippen MR) is 85.9 cm³/mol. The highest BCUT2D eigenvalue weighted by Gasteiger charge is 2.31. The van der Waals surface area contributed by atoms with Crippen molar-refractivity contribution in [2.75, 3.05) is 10.8 Å². The highest BCUT2D eigenvalue weighted by Crippen LogP contribution is 2.24. The van der Waals surface area contributed by atoms with Crippen LogP contribution >= 0.6 is 36.2 Å². The van der Waals surface area contributed by atoms with Crippen molar-refractivity contribution < 1.29 is 4.79 Å². The molecule has 0 aliphatic carbocycles. The number of thiocarbonyl (C=S) groups is 1. The van der Waals surface area contributed by atoms with Gasteiger partial charge in [-0.1, -0.05) is 47.7 Å². The summed E-state index contributed by atoms with van der Waals surface area (Å²) in [5, 5.41) is 8.36. The van der Waals surface area contributed by atoms with Gasteiger partial charge in [-0.25, -0.2) is 5.10 Å². The largest absolute Gasteiger partial charge is 0.272 e. The fourth-order valence-electron chi connectivity index (χ4n) is 1.99. The number of aromatic nitrogens is 3. The Morgan fingerprint density at radius 1 is 1.40 bits per heavy atom. The van der Waals surface area contributed by atoms with E-state index in [9.17, 15) is 4.79 Å². The zero-order chi connectivity index (χ0) is 14.3. The third kappa shape index (κ3) is 2.19. The summed E-state index contributed by atoms with van der Waals surface area (Å²) >= 11 is 11.8. The molecule has 0 atom stereocenters. The average molecular weight is 322 g/mol. The van der Waals surface area contributed by atoms with E-state index in [0.29, 0.717) is 20.7 Å². The number of carbonyl (C=O) groups excluding carboxylic acids is 1. The van der Waals surface area contributed by atoms with Crippen LogP contribution < -0.4 is 5.01 Å². The molecule has 1 saturated heterocycles. The molecule has 1 aromatic heterocycles. The molecule has 0 bridgehead atoms. The van der Waals surface area contributed by atoms with Gasteiger partial charge in [0.05, 0.1) is 5.75 Å². The number of rotatable bonds is 2. The maximum absolute atomic E-state index is 12.0. The molecular formula is C12H10N4OS3. The number of benzene rings is 1. The number of nitrogens with zero attached hydrogens (tertiary/aromatic N) is 3. The lowest BCUT2D eigenvalue weighted by molar-refractivity contribution is -0.116. The molecule has 3 rings (SSSR count). The summed E-state index contributed by atoms with van der Waals surface area (Å²) in [7, 11) is 0. The van der Waals surface area contributed by atoms with Crippen molar-refractivity contribution in [3.8, 4) is 11.4 Å². The summed E-state index contributed by atoms with van der Waals surface area (Å²) < 4.78 is 2.40. The molecule has 2 heterocycles. The highest BCUT2D eigenvalue weighted by atomic mass is 32.2. The van der Waals surface area contributed by atoms with E-state index in [4.69, 9.17) is 24.4 Å². The number of aromatic amines is 1. The third-order valence-electron chi connectivity index (χ3n) is 2.86. The first kappa shape index (κ1) is 13.5. The quantitative estimate of drug-likeness (QED) is 0.861. The van der Waals surface area contributed by atoms with E-state index >= 15 is 0 Å². The highest BCUT2D eigenvalue weighted by molar-refractivity contribution is 8.24. The van der Waals surface area contributed by atoms with E-state index in [1.165, 1.54) is 16.8 Å². The molecule has 1 aliphatic rings. The zero-order valence-electron chi connectivity index (χ0n) is 10.5. The molecule has 20 heavy (non-hydrogen) atoms. The number of amides is 1. The number of carbonyl (C=O) groups is 1. The van der Waals surface area contributed by atoms with Gasteiger partial charge in [0.25, 0.3) is 5.91 Å². The van der Waals surface area contributed by atoms with Gasteiger partial charge in [0.2, 0.25) is 4.77 Å². The Bertz CT molecular complexity index is 748. The van der Waals surface area contributed by atoms with Crippen molar-refractivity contribution in [2.24, 2.45) is 0 Å². The second-order valence-corrected chi connectivity index (χ2v) is 6.29. The van der Waals surface area contributed by atoms with Crippen molar-refractivity contribution in [3.63, 3.8) is 0 Å². The van der Waals surface area contributed by atoms with Crippen LogP contribution in [0.2, 0.25) is 0 Å². The first-order valence-electron chi connectivity index (χ1n) is 5.82. The van der Waals surface area contributed by atoms with Crippen molar-refractivity contribution in [1.82, 2.24) is 14.9 Å². The van der Waals surface area contributed by atoms with Crippen LogP contribution in [0.1, 0.15) is 5.56 Å². The Hall–Kier alpha value is -1.51. The number of nitrogens with one attached hydrogen (secondary N) is 1. The van der Waals surface area contributed by atoms with E-state index in [-0.39, 0.29) is 5.91 Å². The Balaban J connectivity index is 2.18. The van der Waals surface area contributed by atoms with Crippen LogP contribution in [-0.2, 0) is 4.79 Å². The maximum Gasteiger partial charge on any atom is 0.257 e. The van der Waals surface area contributed by atoms with Crippen molar-refractivity contribution >= 4 is 46.4 Å². The summed E-state index contributed by atoms with van der Waals surface area (Å²) in [6, 6.07) is 7.84. The van der Waals surface area contributed by atoms with E-state index < -0.39 is 0 Å². The lowest BCUT2D eigenvalue weighted by atomic mass is 10.1. The minimum atomic E-state index is -0.0913. The van der Waals surface area contributed by atoms with Gasteiger partial charge < -0.3 is 0 Å². The van der Waals surface area contributed by atoms with Crippen LogP contribution in [0.5, 0.6) is 0 Å². The minimum Gasteiger partial charge on any atom is -0.272 e. The number of aryl methyl sites for hydroxylation is 1. The SMILES string of the molecule is Cc1cccc(-c2n[nH]c(=S)n2N2C(=O)CSC2=S)c1. The number of H-pyrrole nitrogens is 1. The van der Waals surface area contributed by atoms with Gasteiger partial charge in [-0.3, -0.25) is 4.79 Å². The molecule has 0 unspecified atom stereocenters. The summed E-state index contributed by atoms with van der Waals surface area (Å²) in [6.45, 7) is 2.00. The van der Waals surface area contributed by atoms with Gasteiger partial charge in [-0.05, 0) is 25.2 Å². The smallest absolute Gasteiger partial charge is 0.257 e. The Morgan fingerprint density at radius 3 is 2.85 bits per heavy atom.